The van der Waals surface area contributed by atoms with Crippen molar-refractivity contribution >= 4 is 17.6 Å². The van der Waals surface area contributed by atoms with E-state index in [1.165, 1.54) is 0 Å². The molecule has 2 atom stereocenters. The number of rotatable bonds is 8. The molecule has 4 N–H and O–H groups in total. The molecule has 1 rings (SSSR count). The topological polar surface area (TPSA) is 102 Å². The van der Waals surface area contributed by atoms with E-state index in [-0.39, 0.29) is 35.5 Å². The lowest BCUT2D eigenvalue weighted by atomic mass is 9.96. The molecular weight excluding hydrogens is 280 g/mol. The first kappa shape index (κ1) is 18.5. The van der Waals surface area contributed by atoms with Crippen molar-refractivity contribution in [3.8, 4) is 0 Å². The predicted octanol–water partition coefficient (Wildman–Crippen LogP) is 1.28. The van der Waals surface area contributed by atoms with Gasteiger partial charge in [-0.3, -0.25) is 14.6 Å². The van der Waals surface area contributed by atoms with Crippen LogP contribution in [0.5, 0.6) is 0 Å². The van der Waals surface area contributed by atoms with E-state index in [4.69, 9.17) is 11.5 Å². The fourth-order valence-electron chi connectivity index (χ4n) is 2.99. The Kier molecular flexibility index (Phi) is 7.35. The Balaban J connectivity index is 2.62. The number of amides is 1. The summed E-state index contributed by atoms with van der Waals surface area (Å²) in [7, 11) is 0. The number of nitrogens with two attached hydrogens (primary N) is 2. The van der Waals surface area contributed by atoms with Crippen LogP contribution in [0.4, 0.5) is 0 Å². The van der Waals surface area contributed by atoms with Crippen molar-refractivity contribution in [1.82, 2.24) is 4.90 Å². The lowest BCUT2D eigenvalue weighted by Gasteiger charge is -2.28. The second kappa shape index (κ2) is 8.76. The molecule has 1 fully saturated rings. The van der Waals surface area contributed by atoms with Crippen LogP contribution in [0.15, 0.2) is 4.99 Å². The molecule has 1 heterocycles. The zero-order valence-electron chi connectivity index (χ0n) is 14.0. The van der Waals surface area contributed by atoms with E-state index in [1.54, 1.807) is 4.90 Å². The normalized spacial score (nSPS) is 19.3. The van der Waals surface area contributed by atoms with Gasteiger partial charge in [-0.25, -0.2) is 0 Å². The maximum Gasteiger partial charge on any atom is 0.226 e. The summed E-state index contributed by atoms with van der Waals surface area (Å²) in [6.07, 6.45) is 4.02. The molecular formula is C16H30N4O2. The van der Waals surface area contributed by atoms with Gasteiger partial charge in [-0.2, -0.15) is 0 Å². The third-order valence-corrected chi connectivity index (χ3v) is 4.28. The summed E-state index contributed by atoms with van der Waals surface area (Å²) in [5.74, 6) is 0.307. The monoisotopic (exact) mass is 310 g/mol. The van der Waals surface area contributed by atoms with E-state index in [1.807, 2.05) is 20.8 Å². The van der Waals surface area contributed by atoms with E-state index in [9.17, 15) is 9.59 Å². The first-order chi connectivity index (χ1) is 10.4. The lowest BCUT2D eigenvalue weighted by molar-refractivity contribution is -0.142. The summed E-state index contributed by atoms with van der Waals surface area (Å²) in [5, 5.41) is 0. The number of Topliss-reactive ketones (excluding diaryl/α,β-unsaturated/α-hetero) is 1. The zero-order chi connectivity index (χ0) is 16.7. The SMILES string of the molecule is CCC(CCCN=C(N)N)C(=O)N1CCCC1C(=O)C(C)C. The molecule has 1 aliphatic heterocycles. The Morgan fingerprint density at radius 2 is 2.00 bits per heavy atom. The van der Waals surface area contributed by atoms with Gasteiger partial charge in [-0.05, 0) is 32.1 Å². The zero-order valence-corrected chi connectivity index (χ0v) is 14.0. The summed E-state index contributed by atoms with van der Waals surface area (Å²) in [4.78, 5) is 30.7. The van der Waals surface area contributed by atoms with Crippen LogP contribution in [0.3, 0.4) is 0 Å². The van der Waals surface area contributed by atoms with E-state index in [0.29, 0.717) is 13.1 Å². The highest BCUT2D eigenvalue weighted by atomic mass is 16.2. The van der Waals surface area contributed by atoms with Crippen LogP contribution in [0.1, 0.15) is 52.9 Å². The number of hydrogen-bond acceptors (Lipinski definition) is 3. The molecule has 0 bridgehead atoms. The van der Waals surface area contributed by atoms with Gasteiger partial charge in [0.15, 0.2) is 11.7 Å². The Bertz CT molecular complexity index is 416. The first-order valence-corrected chi connectivity index (χ1v) is 8.28. The first-order valence-electron chi connectivity index (χ1n) is 8.28. The van der Waals surface area contributed by atoms with E-state index >= 15 is 0 Å². The second-order valence-electron chi connectivity index (χ2n) is 6.30. The van der Waals surface area contributed by atoms with Crippen molar-refractivity contribution in [2.24, 2.45) is 28.3 Å². The molecule has 0 aliphatic carbocycles. The van der Waals surface area contributed by atoms with Gasteiger partial charge in [0, 0.05) is 24.9 Å². The Hall–Kier alpha value is -1.59. The number of carbonyl (C=O) groups excluding carboxylic acids is 2. The third kappa shape index (κ3) is 5.00. The Morgan fingerprint density at radius 1 is 1.32 bits per heavy atom. The number of carbonyl (C=O) groups is 2. The van der Waals surface area contributed by atoms with Crippen LogP contribution in [0, 0.1) is 11.8 Å². The molecule has 0 radical (unpaired) electrons. The van der Waals surface area contributed by atoms with Crippen LogP contribution in [0.25, 0.3) is 0 Å². The predicted molar refractivity (Wildman–Crippen MR) is 88.3 cm³/mol. The molecule has 6 heteroatoms. The van der Waals surface area contributed by atoms with Gasteiger partial charge in [-0.15, -0.1) is 0 Å². The molecule has 1 saturated heterocycles. The highest BCUT2D eigenvalue weighted by Crippen LogP contribution is 2.25. The van der Waals surface area contributed by atoms with Crippen molar-refractivity contribution in [2.75, 3.05) is 13.1 Å². The second-order valence-corrected chi connectivity index (χ2v) is 6.30. The van der Waals surface area contributed by atoms with Gasteiger partial charge >= 0.3 is 0 Å². The van der Waals surface area contributed by atoms with Crippen molar-refractivity contribution in [3.63, 3.8) is 0 Å². The number of aliphatic imine (C=N–C) groups is 1. The molecule has 6 nitrogen and oxygen atoms in total. The number of ketones is 1. The summed E-state index contributed by atoms with van der Waals surface area (Å²) < 4.78 is 0. The molecule has 0 aromatic carbocycles. The number of likely N-dealkylation sites (tertiary alicyclic amines) is 1. The minimum absolute atomic E-state index is 0.0275. The number of guanidine groups is 1. The van der Waals surface area contributed by atoms with E-state index < -0.39 is 0 Å². The Morgan fingerprint density at radius 3 is 2.55 bits per heavy atom. The molecule has 0 spiro atoms. The molecule has 0 aromatic heterocycles. The van der Waals surface area contributed by atoms with Crippen LogP contribution in [-0.4, -0.2) is 41.7 Å². The van der Waals surface area contributed by atoms with Crippen LogP contribution >= 0.6 is 0 Å². The summed E-state index contributed by atoms with van der Waals surface area (Å²) >= 11 is 0. The van der Waals surface area contributed by atoms with Gasteiger partial charge in [0.05, 0.1) is 6.04 Å². The fraction of sp³-hybridized carbons (Fsp3) is 0.812. The van der Waals surface area contributed by atoms with Crippen LogP contribution < -0.4 is 11.5 Å². The molecule has 2 unspecified atom stereocenters. The highest BCUT2D eigenvalue weighted by Gasteiger charge is 2.36. The number of hydrogen-bond donors (Lipinski definition) is 2. The smallest absolute Gasteiger partial charge is 0.226 e. The van der Waals surface area contributed by atoms with Gasteiger partial charge in [0.2, 0.25) is 5.91 Å². The summed E-state index contributed by atoms with van der Waals surface area (Å²) in [6, 6.07) is -0.223. The van der Waals surface area contributed by atoms with Crippen molar-refractivity contribution < 1.29 is 9.59 Å². The molecule has 0 saturated carbocycles. The Labute approximate surface area is 133 Å². The van der Waals surface area contributed by atoms with Gasteiger partial charge < -0.3 is 16.4 Å². The van der Waals surface area contributed by atoms with Crippen molar-refractivity contribution in [1.29, 1.82) is 0 Å². The third-order valence-electron chi connectivity index (χ3n) is 4.28. The maximum absolute atomic E-state index is 12.7. The van der Waals surface area contributed by atoms with Gasteiger partial charge in [0.1, 0.15) is 0 Å². The molecule has 1 amide bonds. The molecule has 126 valence electrons. The summed E-state index contributed by atoms with van der Waals surface area (Å²) in [5.41, 5.74) is 10.6. The highest BCUT2D eigenvalue weighted by molar-refractivity contribution is 5.91. The largest absolute Gasteiger partial charge is 0.370 e. The summed E-state index contributed by atoms with van der Waals surface area (Å²) in [6.45, 7) is 7.05. The molecule has 0 aromatic rings. The van der Waals surface area contributed by atoms with Gasteiger partial charge in [0.25, 0.3) is 0 Å². The average Bonchev–Trinajstić information content (AvgIpc) is 2.94. The lowest BCUT2D eigenvalue weighted by Crippen LogP contribution is -2.44. The van der Waals surface area contributed by atoms with Crippen LogP contribution in [0.2, 0.25) is 0 Å². The quantitative estimate of drug-likeness (QED) is 0.400. The van der Waals surface area contributed by atoms with E-state index in [2.05, 4.69) is 4.99 Å². The number of nitrogens with zero attached hydrogens (tertiary/aromatic N) is 2. The fourth-order valence-corrected chi connectivity index (χ4v) is 2.99. The van der Waals surface area contributed by atoms with Gasteiger partial charge in [-0.1, -0.05) is 20.8 Å². The maximum atomic E-state index is 12.7. The molecule has 1 aliphatic rings. The van der Waals surface area contributed by atoms with Crippen LogP contribution in [-0.2, 0) is 9.59 Å². The molecule has 22 heavy (non-hydrogen) atoms. The average molecular weight is 310 g/mol. The van der Waals surface area contributed by atoms with E-state index in [0.717, 1.165) is 32.1 Å². The minimum Gasteiger partial charge on any atom is -0.370 e. The van der Waals surface area contributed by atoms with Crippen molar-refractivity contribution in [3.05, 3.63) is 0 Å². The van der Waals surface area contributed by atoms with Crippen molar-refractivity contribution in [2.45, 2.75) is 58.9 Å². The standard InChI is InChI=1S/C16H30N4O2/c1-4-12(7-5-9-19-16(17)18)15(22)20-10-6-8-13(20)14(21)11(2)3/h11-13H,4-10H2,1-3H3,(H4,17,18,19). The minimum atomic E-state index is -0.223.